The lowest BCUT2D eigenvalue weighted by Gasteiger charge is -2.46. The standard InChI is InChI=1S/C62H89N5O21S/c1-44-11-12-49(40-53(44)86-37-36-85-35-34-84-33-32-83-31-30-82-29-28-80-24-6-10-50(70)17-18-54(73)63-21-26-81-27-22-64-55(74)19-20-56(75)76)61(79)65-23-39-89-38-7-25-87-62(43-68)41-51(71)57(67-45(2)69)59(88-62)58(77)52(72)42-66-60(78)48-15-13-47(14-16-48)46-8-4-3-5-9-46/h3-5,8-9,11-16,40,43,51-52,57-59,71-72,77H,6-7,10,17-39,41-42H2,1-2H3,(H,63,73)(H,64,74)(H,65,79)(H,66,78)(H,67,69)(H,75,76)/t51-,52+,57+,58+,59+,62+/m0/s1. The molecule has 5 amide bonds. The maximum absolute atomic E-state index is 13.0. The molecule has 3 aromatic carbocycles. The molecule has 494 valence electrons. The molecule has 6 atom stereocenters. The molecule has 0 saturated carbocycles. The van der Waals surface area contributed by atoms with Gasteiger partial charge in [0.05, 0.1) is 104 Å². The van der Waals surface area contributed by atoms with Gasteiger partial charge in [-0.1, -0.05) is 48.5 Å². The number of rotatable bonds is 49. The van der Waals surface area contributed by atoms with Crippen molar-refractivity contribution < 1.29 is 101 Å². The number of benzene rings is 3. The number of ether oxygens (including phenoxy) is 9. The van der Waals surface area contributed by atoms with E-state index in [0.29, 0.717) is 127 Å². The van der Waals surface area contributed by atoms with E-state index in [1.807, 2.05) is 37.3 Å². The number of thioether (sulfide) groups is 1. The first-order chi connectivity index (χ1) is 43.0. The molecule has 0 radical (unpaired) electrons. The highest BCUT2D eigenvalue weighted by molar-refractivity contribution is 7.99. The summed E-state index contributed by atoms with van der Waals surface area (Å²) in [4.78, 5) is 96.6. The number of nitrogens with one attached hydrogen (secondary N) is 5. The largest absolute Gasteiger partial charge is 0.491 e. The summed E-state index contributed by atoms with van der Waals surface area (Å²) in [6.07, 6.45) is -5.19. The maximum atomic E-state index is 13.0. The van der Waals surface area contributed by atoms with Crippen molar-refractivity contribution in [3.63, 3.8) is 0 Å². The van der Waals surface area contributed by atoms with Crippen LogP contribution in [-0.2, 0) is 66.7 Å². The Bertz CT molecular complexity index is 2590. The van der Waals surface area contributed by atoms with E-state index in [0.717, 1.165) is 16.7 Å². The number of ketones is 1. The molecular formula is C62H89N5O21S. The normalized spacial score (nSPS) is 17.0. The van der Waals surface area contributed by atoms with Crippen LogP contribution < -0.4 is 31.3 Å². The molecule has 3 aromatic rings. The predicted molar refractivity (Wildman–Crippen MR) is 326 cm³/mol. The van der Waals surface area contributed by atoms with Crippen molar-refractivity contribution in [1.29, 1.82) is 0 Å². The summed E-state index contributed by atoms with van der Waals surface area (Å²) in [5.41, 5.74) is 3.47. The molecule has 26 nitrogen and oxygen atoms in total. The monoisotopic (exact) mass is 1270 g/mol. The molecule has 27 heteroatoms. The Labute approximate surface area is 523 Å². The van der Waals surface area contributed by atoms with Gasteiger partial charge in [0.25, 0.3) is 11.8 Å². The predicted octanol–water partition coefficient (Wildman–Crippen LogP) is 1.94. The summed E-state index contributed by atoms with van der Waals surface area (Å²) in [6.45, 7) is 7.94. The molecular weight excluding hydrogens is 1180 g/mol. The number of aliphatic carboxylic acids is 1. The van der Waals surface area contributed by atoms with Gasteiger partial charge in [-0.05, 0) is 66.5 Å². The molecule has 0 unspecified atom stereocenters. The number of carbonyl (C=O) groups excluding carboxylic acids is 7. The number of hydrogen-bond donors (Lipinski definition) is 9. The van der Waals surface area contributed by atoms with Gasteiger partial charge in [0.15, 0.2) is 6.29 Å². The second kappa shape index (κ2) is 44.1. The second-order valence-corrected chi connectivity index (χ2v) is 21.8. The summed E-state index contributed by atoms with van der Waals surface area (Å²) in [5.74, 6) is -3.36. The second-order valence-electron chi connectivity index (χ2n) is 20.5. The van der Waals surface area contributed by atoms with Crippen molar-refractivity contribution in [3.05, 3.63) is 89.5 Å². The maximum Gasteiger partial charge on any atom is 0.303 e. The summed E-state index contributed by atoms with van der Waals surface area (Å²) in [5, 5.41) is 55.2. The number of aldehydes is 1. The van der Waals surface area contributed by atoms with Crippen LogP contribution in [0.1, 0.15) is 84.6 Å². The van der Waals surface area contributed by atoms with E-state index >= 15 is 0 Å². The fourth-order valence-corrected chi connectivity index (χ4v) is 9.45. The fraction of sp³-hybridized carbons (Fsp3) is 0.581. The summed E-state index contributed by atoms with van der Waals surface area (Å²) >= 11 is 1.53. The Balaban J connectivity index is 0.960. The van der Waals surface area contributed by atoms with Gasteiger partial charge in [0, 0.05) is 88.7 Å². The van der Waals surface area contributed by atoms with Crippen LogP contribution in [0.5, 0.6) is 5.75 Å². The molecule has 0 aromatic heterocycles. The first kappa shape index (κ1) is 75.0. The van der Waals surface area contributed by atoms with E-state index in [1.54, 1.807) is 42.5 Å². The van der Waals surface area contributed by atoms with Gasteiger partial charge in [-0.2, -0.15) is 11.8 Å². The average molecular weight is 1270 g/mol. The van der Waals surface area contributed by atoms with Gasteiger partial charge in [0.2, 0.25) is 23.5 Å². The van der Waals surface area contributed by atoms with Crippen molar-refractivity contribution >= 4 is 59.3 Å². The quantitative estimate of drug-likeness (QED) is 0.0288. The van der Waals surface area contributed by atoms with Gasteiger partial charge in [-0.3, -0.25) is 38.4 Å². The highest BCUT2D eigenvalue weighted by atomic mass is 32.2. The van der Waals surface area contributed by atoms with Crippen LogP contribution in [-0.4, -0.2) is 234 Å². The molecule has 1 heterocycles. The van der Waals surface area contributed by atoms with Gasteiger partial charge in [-0.25, -0.2) is 0 Å². The molecule has 1 aliphatic rings. The van der Waals surface area contributed by atoms with Crippen molar-refractivity contribution in [2.24, 2.45) is 0 Å². The van der Waals surface area contributed by atoms with Crippen LogP contribution in [0.15, 0.2) is 72.8 Å². The van der Waals surface area contributed by atoms with Crippen LogP contribution in [0, 0.1) is 6.92 Å². The molecule has 0 bridgehead atoms. The van der Waals surface area contributed by atoms with Crippen molar-refractivity contribution in [2.45, 2.75) is 101 Å². The molecule has 9 N–H and O–H groups in total. The average Bonchev–Trinajstić information content (AvgIpc) is 1.23. The Kier molecular flexibility index (Phi) is 37.1. The SMILES string of the molecule is CC(=O)N[C@H]1[C@H]([C@H](O)[C@H](O)CNC(=O)c2ccc(-c3ccccc3)cc2)O[C@](C=O)(OCCCSCCNC(=O)c2ccc(C)c(OCCOCCOCCOCCOCCOCCCC(=O)CCC(=O)NCCOCCNC(=O)CCC(=O)O)c2)C[C@@H]1O. The first-order valence-electron chi connectivity index (χ1n) is 29.9. The third-order valence-electron chi connectivity index (χ3n) is 13.4. The van der Waals surface area contributed by atoms with Crippen LogP contribution in [0.3, 0.4) is 0 Å². The van der Waals surface area contributed by atoms with Crippen LogP contribution >= 0.6 is 11.8 Å². The fourth-order valence-electron chi connectivity index (χ4n) is 8.68. The van der Waals surface area contributed by atoms with Gasteiger partial charge in [-0.15, -0.1) is 0 Å². The van der Waals surface area contributed by atoms with E-state index in [1.165, 1.54) is 18.7 Å². The number of aryl methyl sites for hydroxylation is 1. The number of aliphatic hydroxyl groups is 3. The lowest BCUT2D eigenvalue weighted by molar-refractivity contribution is -0.296. The zero-order valence-corrected chi connectivity index (χ0v) is 51.6. The van der Waals surface area contributed by atoms with Crippen molar-refractivity contribution in [2.75, 3.05) is 130 Å². The Morgan fingerprint density at radius 1 is 0.629 bits per heavy atom. The molecule has 1 fully saturated rings. The number of aliphatic hydroxyl groups excluding tert-OH is 3. The number of carboxylic acids is 1. The zero-order valence-electron chi connectivity index (χ0n) is 50.8. The Hall–Kier alpha value is -6.47. The highest BCUT2D eigenvalue weighted by Gasteiger charge is 2.51. The summed E-state index contributed by atoms with van der Waals surface area (Å²) < 4.78 is 50.8. The van der Waals surface area contributed by atoms with Crippen molar-refractivity contribution in [3.8, 4) is 16.9 Å². The third-order valence-corrected chi connectivity index (χ3v) is 14.5. The number of carbonyl (C=O) groups is 8. The van der Waals surface area contributed by atoms with E-state index in [-0.39, 0.29) is 95.1 Å². The van der Waals surface area contributed by atoms with Crippen LogP contribution in [0.2, 0.25) is 0 Å². The summed E-state index contributed by atoms with van der Waals surface area (Å²) in [7, 11) is 0. The number of hydrogen-bond acceptors (Lipinski definition) is 21. The number of amides is 5. The molecule has 0 aliphatic carbocycles. The number of carboxylic acid groups (broad SMARTS) is 1. The third kappa shape index (κ3) is 31.2. The molecule has 0 spiro atoms. The molecule has 1 saturated heterocycles. The highest BCUT2D eigenvalue weighted by Crippen LogP contribution is 2.32. The summed E-state index contributed by atoms with van der Waals surface area (Å²) in [6, 6.07) is 20.4. The topological polar surface area (TPSA) is 361 Å². The zero-order chi connectivity index (χ0) is 64.5. The lowest BCUT2D eigenvalue weighted by Crippen LogP contribution is -2.66. The minimum Gasteiger partial charge on any atom is -0.491 e. The smallest absolute Gasteiger partial charge is 0.303 e. The molecule has 89 heavy (non-hydrogen) atoms. The number of Topliss-reactive ketones (excluding diaryl/α,β-unsaturated/α-hetero) is 1. The Morgan fingerprint density at radius 2 is 1.19 bits per heavy atom. The minimum atomic E-state index is -2.01. The first-order valence-corrected chi connectivity index (χ1v) is 31.0. The van der Waals surface area contributed by atoms with Crippen LogP contribution in [0.25, 0.3) is 11.1 Å². The van der Waals surface area contributed by atoms with Gasteiger partial charge < -0.3 is 89.6 Å². The van der Waals surface area contributed by atoms with E-state index in [2.05, 4.69) is 26.6 Å². The van der Waals surface area contributed by atoms with E-state index in [9.17, 15) is 53.7 Å². The Morgan fingerprint density at radius 3 is 1.80 bits per heavy atom. The van der Waals surface area contributed by atoms with Gasteiger partial charge >= 0.3 is 5.97 Å². The molecule has 1 aliphatic heterocycles. The van der Waals surface area contributed by atoms with Gasteiger partial charge in [0.1, 0.15) is 30.3 Å². The minimum absolute atomic E-state index is 0.0151. The van der Waals surface area contributed by atoms with E-state index in [4.69, 9.17) is 47.7 Å². The van der Waals surface area contributed by atoms with E-state index < -0.39 is 60.6 Å². The lowest BCUT2D eigenvalue weighted by atomic mass is 9.88. The van der Waals surface area contributed by atoms with Crippen LogP contribution in [0.4, 0.5) is 0 Å². The van der Waals surface area contributed by atoms with Crippen molar-refractivity contribution in [1.82, 2.24) is 26.6 Å². The molecule has 4 rings (SSSR count).